The molecule has 0 radical (unpaired) electrons. The van der Waals surface area contributed by atoms with E-state index in [2.05, 4.69) is 0 Å². The second-order valence-electron chi connectivity index (χ2n) is 3.94. The van der Waals surface area contributed by atoms with E-state index in [4.69, 9.17) is 11.6 Å². The summed E-state index contributed by atoms with van der Waals surface area (Å²) in [7, 11) is -3.61. The van der Waals surface area contributed by atoms with Crippen molar-refractivity contribution in [3.05, 3.63) is 0 Å². The maximum Gasteiger partial charge on any atom is 0.252 e. The SMILES string of the molecule is CC(C)CCS(=O)(=O)N(CCCl)CC(F)F. The molecule has 16 heavy (non-hydrogen) atoms. The molecule has 0 saturated heterocycles. The molecule has 0 fully saturated rings. The Bertz CT molecular complexity index is 283. The van der Waals surface area contributed by atoms with E-state index in [1.807, 2.05) is 13.8 Å². The van der Waals surface area contributed by atoms with Crippen LogP contribution in [0.25, 0.3) is 0 Å². The lowest BCUT2D eigenvalue weighted by Crippen LogP contribution is -2.38. The lowest BCUT2D eigenvalue weighted by molar-refractivity contribution is 0.121. The van der Waals surface area contributed by atoms with Gasteiger partial charge in [0.15, 0.2) is 0 Å². The van der Waals surface area contributed by atoms with Gasteiger partial charge in [0.05, 0.1) is 12.3 Å². The minimum absolute atomic E-state index is 0.0215. The molecule has 0 rings (SSSR count). The van der Waals surface area contributed by atoms with Crippen LogP contribution in [-0.4, -0.2) is 43.9 Å². The first-order valence-electron chi connectivity index (χ1n) is 5.11. The van der Waals surface area contributed by atoms with E-state index in [0.29, 0.717) is 6.42 Å². The highest BCUT2D eigenvalue weighted by Gasteiger charge is 2.24. The number of nitrogens with zero attached hydrogens (tertiary/aromatic N) is 1. The van der Waals surface area contributed by atoms with Crippen molar-refractivity contribution in [2.45, 2.75) is 26.7 Å². The highest BCUT2D eigenvalue weighted by molar-refractivity contribution is 7.89. The fraction of sp³-hybridized carbons (Fsp3) is 1.00. The summed E-state index contributed by atoms with van der Waals surface area (Å²) in [6, 6.07) is 0. The summed E-state index contributed by atoms with van der Waals surface area (Å²) in [4.78, 5) is 0. The fourth-order valence-electron chi connectivity index (χ4n) is 1.11. The largest absolute Gasteiger partial charge is 0.252 e. The van der Waals surface area contributed by atoms with Crippen LogP contribution in [-0.2, 0) is 10.0 Å². The Morgan fingerprint density at radius 2 is 1.88 bits per heavy atom. The normalized spacial score (nSPS) is 13.0. The van der Waals surface area contributed by atoms with Crippen molar-refractivity contribution in [1.29, 1.82) is 0 Å². The van der Waals surface area contributed by atoms with E-state index in [9.17, 15) is 17.2 Å². The molecule has 0 aliphatic carbocycles. The first-order valence-corrected chi connectivity index (χ1v) is 7.26. The summed E-state index contributed by atoms with van der Waals surface area (Å²) in [5.41, 5.74) is 0. The predicted octanol–water partition coefficient (Wildman–Crippen LogP) is 2.17. The van der Waals surface area contributed by atoms with Gasteiger partial charge in [-0.25, -0.2) is 17.2 Å². The van der Waals surface area contributed by atoms with E-state index in [1.54, 1.807) is 0 Å². The van der Waals surface area contributed by atoms with Crippen molar-refractivity contribution < 1.29 is 17.2 Å². The Morgan fingerprint density at radius 3 is 2.25 bits per heavy atom. The van der Waals surface area contributed by atoms with E-state index in [-0.39, 0.29) is 24.1 Å². The average Bonchev–Trinajstić information content (AvgIpc) is 2.14. The van der Waals surface area contributed by atoms with Gasteiger partial charge in [0, 0.05) is 12.4 Å². The summed E-state index contributed by atoms with van der Waals surface area (Å²) >= 11 is 5.40. The van der Waals surface area contributed by atoms with Gasteiger partial charge in [-0.2, -0.15) is 4.31 Å². The first-order chi connectivity index (χ1) is 7.29. The van der Waals surface area contributed by atoms with E-state index >= 15 is 0 Å². The van der Waals surface area contributed by atoms with Gasteiger partial charge >= 0.3 is 0 Å². The third-order valence-electron chi connectivity index (χ3n) is 2.02. The molecule has 0 spiro atoms. The monoisotopic (exact) mass is 277 g/mol. The van der Waals surface area contributed by atoms with Crippen molar-refractivity contribution in [2.75, 3.05) is 24.7 Å². The Morgan fingerprint density at radius 1 is 1.31 bits per heavy atom. The van der Waals surface area contributed by atoms with Gasteiger partial charge in [0.1, 0.15) is 0 Å². The van der Waals surface area contributed by atoms with E-state index in [0.717, 1.165) is 4.31 Å². The summed E-state index contributed by atoms with van der Waals surface area (Å²) in [6.45, 7) is 2.93. The predicted molar refractivity (Wildman–Crippen MR) is 61.5 cm³/mol. The minimum Gasteiger partial charge on any atom is -0.212 e. The standard InChI is InChI=1S/C9H18ClF2NO2S/c1-8(2)3-6-16(14,15)13(5-4-10)7-9(11)12/h8-9H,3-7H2,1-2H3. The average molecular weight is 278 g/mol. The molecule has 0 unspecified atom stereocenters. The fourth-order valence-corrected chi connectivity index (χ4v) is 3.15. The minimum atomic E-state index is -3.61. The van der Waals surface area contributed by atoms with Crippen LogP contribution >= 0.6 is 11.6 Å². The molecular weight excluding hydrogens is 260 g/mol. The van der Waals surface area contributed by atoms with Crippen LogP contribution in [0, 0.1) is 5.92 Å². The van der Waals surface area contributed by atoms with Gasteiger partial charge in [0.25, 0.3) is 6.43 Å². The number of hydrogen-bond donors (Lipinski definition) is 0. The highest BCUT2D eigenvalue weighted by atomic mass is 35.5. The number of hydrogen-bond acceptors (Lipinski definition) is 2. The van der Waals surface area contributed by atoms with Crippen LogP contribution in [0.4, 0.5) is 8.78 Å². The summed E-state index contributed by atoms with van der Waals surface area (Å²) in [5, 5.41) is 0. The molecule has 0 atom stereocenters. The van der Waals surface area contributed by atoms with Gasteiger partial charge in [-0.3, -0.25) is 0 Å². The molecule has 0 N–H and O–H groups in total. The van der Waals surface area contributed by atoms with Crippen molar-refractivity contribution in [3.63, 3.8) is 0 Å². The van der Waals surface area contributed by atoms with Crippen molar-refractivity contribution >= 4 is 21.6 Å². The molecular formula is C9H18ClF2NO2S. The van der Waals surface area contributed by atoms with Crippen molar-refractivity contribution in [3.8, 4) is 0 Å². The highest BCUT2D eigenvalue weighted by Crippen LogP contribution is 2.10. The molecule has 0 aromatic carbocycles. The first kappa shape index (κ1) is 16.1. The van der Waals surface area contributed by atoms with E-state index < -0.39 is 23.0 Å². The summed E-state index contributed by atoms with van der Waals surface area (Å²) in [5.74, 6) is 0.140. The Labute approximate surface area is 101 Å². The smallest absolute Gasteiger partial charge is 0.212 e. The summed E-state index contributed by atoms with van der Waals surface area (Å²) < 4.78 is 48.5. The van der Waals surface area contributed by atoms with Gasteiger partial charge < -0.3 is 0 Å². The van der Waals surface area contributed by atoms with E-state index in [1.165, 1.54) is 0 Å². The number of rotatable bonds is 8. The van der Waals surface area contributed by atoms with Crippen LogP contribution in [0.3, 0.4) is 0 Å². The molecule has 0 saturated carbocycles. The lowest BCUT2D eigenvalue weighted by atomic mass is 10.2. The number of halogens is 3. The molecule has 98 valence electrons. The van der Waals surface area contributed by atoms with Crippen LogP contribution < -0.4 is 0 Å². The van der Waals surface area contributed by atoms with Crippen molar-refractivity contribution in [2.24, 2.45) is 5.92 Å². The molecule has 7 heteroatoms. The van der Waals surface area contributed by atoms with Crippen molar-refractivity contribution in [1.82, 2.24) is 4.31 Å². The summed E-state index contributed by atoms with van der Waals surface area (Å²) in [6.07, 6.45) is -2.21. The molecule has 0 aromatic heterocycles. The molecule has 0 aliphatic rings. The molecule has 0 aromatic rings. The van der Waals surface area contributed by atoms with Gasteiger partial charge in [0.2, 0.25) is 10.0 Å². The molecule has 0 amide bonds. The van der Waals surface area contributed by atoms with Gasteiger partial charge in [-0.1, -0.05) is 13.8 Å². The zero-order valence-electron chi connectivity index (χ0n) is 9.50. The maximum absolute atomic E-state index is 12.2. The third kappa shape index (κ3) is 6.60. The number of alkyl halides is 3. The Hall–Kier alpha value is 0.0600. The van der Waals surface area contributed by atoms with Crippen LogP contribution in [0.15, 0.2) is 0 Å². The zero-order chi connectivity index (χ0) is 12.8. The Kier molecular flexibility index (Phi) is 7.43. The van der Waals surface area contributed by atoms with Crippen LogP contribution in [0.2, 0.25) is 0 Å². The molecule has 0 aliphatic heterocycles. The molecule has 0 heterocycles. The maximum atomic E-state index is 12.2. The molecule has 3 nitrogen and oxygen atoms in total. The second-order valence-corrected chi connectivity index (χ2v) is 6.40. The van der Waals surface area contributed by atoms with Crippen LogP contribution in [0.5, 0.6) is 0 Å². The third-order valence-corrected chi connectivity index (χ3v) is 4.06. The van der Waals surface area contributed by atoms with Gasteiger partial charge in [-0.15, -0.1) is 11.6 Å². The topological polar surface area (TPSA) is 37.4 Å². The Balaban J connectivity index is 4.49. The molecule has 0 bridgehead atoms. The second kappa shape index (κ2) is 7.40. The quantitative estimate of drug-likeness (QED) is 0.638. The van der Waals surface area contributed by atoms with Crippen LogP contribution in [0.1, 0.15) is 20.3 Å². The number of sulfonamides is 1. The van der Waals surface area contributed by atoms with Gasteiger partial charge in [-0.05, 0) is 12.3 Å². The zero-order valence-corrected chi connectivity index (χ0v) is 11.1. The lowest BCUT2D eigenvalue weighted by Gasteiger charge is -2.21.